The lowest BCUT2D eigenvalue weighted by Gasteiger charge is -2.13. The zero-order valence-electron chi connectivity index (χ0n) is 16.8. The van der Waals surface area contributed by atoms with Crippen LogP contribution >= 0.6 is 15.9 Å². The second kappa shape index (κ2) is 8.39. The number of benzene rings is 3. The first-order chi connectivity index (χ1) is 15.1. The summed E-state index contributed by atoms with van der Waals surface area (Å²) in [4.78, 5) is 10.3. The lowest BCUT2D eigenvalue weighted by atomic mass is 10.2. The van der Waals surface area contributed by atoms with E-state index in [1.807, 2.05) is 31.2 Å². The summed E-state index contributed by atoms with van der Waals surface area (Å²) in [6.45, 7) is 2.26. The number of aryl methyl sites for hydroxylation is 1. The minimum absolute atomic E-state index is 0.243. The Labute approximate surface area is 194 Å². The van der Waals surface area contributed by atoms with E-state index < -0.39 is 24.9 Å². The second-order valence-corrected chi connectivity index (χ2v) is 12.1. The third-order valence-corrected chi connectivity index (χ3v) is 9.93. The zero-order chi connectivity index (χ0) is 23.1. The third-order valence-electron chi connectivity index (χ3n) is 5.01. The third kappa shape index (κ3) is 4.46. The Kier molecular flexibility index (Phi) is 5.93. The SMILES string of the molecule is Cc1ccc(S(=O)(=NS(=O)(=O)c2ccc([N+](=O)[O-])cc2)N2CC2c2ccc(Br)cc2)cc1. The highest BCUT2D eigenvalue weighted by Crippen LogP contribution is 2.42. The Morgan fingerprint density at radius 1 is 0.938 bits per heavy atom. The molecule has 166 valence electrons. The van der Waals surface area contributed by atoms with Gasteiger partial charge in [-0.2, -0.15) is 8.42 Å². The van der Waals surface area contributed by atoms with Crippen LogP contribution in [0.2, 0.25) is 0 Å². The smallest absolute Gasteiger partial charge is 0.258 e. The van der Waals surface area contributed by atoms with E-state index in [-0.39, 0.29) is 21.5 Å². The van der Waals surface area contributed by atoms with Crippen molar-refractivity contribution in [1.82, 2.24) is 4.31 Å². The van der Waals surface area contributed by atoms with Gasteiger partial charge in [-0.05, 0) is 48.9 Å². The second-order valence-electron chi connectivity index (χ2n) is 7.28. The van der Waals surface area contributed by atoms with Gasteiger partial charge in [0.25, 0.3) is 15.7 Å². The molecular weight excluding hydrogens is 518 g/mol. The van der Waals surface area contributed by atoms with Crippen molar-refractivity contribution in [2.45, 2.75) is 22.8 Å². The molecule has 0 N–H and O–H groups in total. The summed E-state index contributed by atoms with van der Waals surface area (Å²) in [6.07, 6.45) is 0. The maximum atomic E-state index is 14.1. The summed E-state index contributed by atoms with van der Waals surface area (Å²) >= 11 is 3.38. The van der Waals surface area contributed by atoms with Crippen LogP contribution in [-0.4, -0.2) is 28.4 Å². The highest BCUT2D eigenvalue weighted by Gasteiger charge is 2.45. The first kappa shape index (κ1) is 22.6. The number of halogens is 1. The molecule has 0 aliphatic carbocycles. The van der Waals surface area contributed by atoms with Crippen LogP contribution in [0.15, 0.2) is 90.8 Å². The predicted octanol–water partition coefficient (Wildman–Crippen LogP) is 4.85. The fourth-order valence-corrected chi connectivity index (χ4v) is 7.62. The Balaban J connectivity index is 1.80. The lowest BCUT2D eigenvalue weighted by molar-refractivity contribution is -0.384. The van der Waals surface area contributed by atoms with Crippen molar-refractivity contribution in [3.8, 4) is 0 Å². The van der Waals surface area contributed by atoms with Crippen LogP contribution in [-0.2, 0) is 19.9 Å². The van der Waals surface area contributed by atoms with Crippen molar-refractivity contribution in [3.63, 3.8) is 0 Å². The Hall–Kier alpha value is -2.60. The van der Waals surface area contributed by atoms with E-state index in [1.165, 1.54) is 0 Å². The molecule has 0 spiro atoms. The average Bonchev–Trinajstić information content (AvgIpc) is 3.56. The van der Waals surface area contributed by atoms with Gasteiger partial charge < -0.3 is 0 Å². The van der Waals surface area contributed by atoms with Crippen LogP contribution < -0.4 is 0 Å². The molecule has 0 bridgehead atoms. The van der Waals surface area contributed by atoms with Crippen LogP contribution in [0.5, 0.6) is 0 Å². The van der Waals surface area contributed by atoms with E-state index in [0.717, 1.165) is 39.9 Å². The monoisotopic (exact) mass is 535 g/mol. The minimum atomic E-state index is -4.36. The van der Waals surface area contributed by atoms with Crippen molar-refractivity contribution >= 4 is 41.6 Å². The molecule has 4 rings (SSSR count). The van der Waals surface area contributed by atoms with Crippen molar-refractivity contribution in [1.29, 1.82) is 0 Å². The normalized spacial score (nSPS) is 19.7. The van der Waals surface area contributed by atoms with E-state index in [4.69, 9.17) is 0 Å². The summed E-state index contributed by atoms with van der Waals surface area (Å²) in [5.74, 6) is 0. The summed E-state index contributed by atoms with van der Waals surface area (Å²) in [6, 6.07) is 18.3. The molecule has 1 aliphatic rings. The Morgan fingerprint density at radius 3 is 2.06 bits per heavy atom. The fourth-order valence-electron chi connectivity index (χ4n) is 3.21. The molecule has 3 aromatic carbocycles. The number of hydrogen-bond acceptors (Lipinski definition) is 5. The van der Waals surface area contributed by atoms with Crippen LogP contribution in [0.25, 0.3) is 0 Å². The number of nitro groups is 1. The molecule has 0 aromatic heterocycles. The summed E-state index contributed by atoms with van der Waals surface area (Å²) < 4.78 is 46.6. The molecule has 1 aliphatic heterocycles. The molecule has 3 unspecified atom stereocenters. The average molecular weight is 536 g/mol. The molecule has 1 saturated heterocycles. The van der Waals surface area contributed by atoms with Gasteiger partial charge in [0.15, 0.2) is 9.92 Å². The zero-order valence-corrected chi connectivity index (χ0v) is 20.0. The molecule has 3 aromatic rings. The van der Waals surface area contributed by atoms with Crippen molar-refractivity contribution in [3.05, 3.63) is 98.5 Å². The van der Waals surface area contributed by atoms with Gasteiger partial charge in [-0.3, -0.25) is 10.1 Å². The van der Waals surface area contributed by atoms with Crippen LogP contribution in [0, 0.1) is 17.0 Å². The van der Waals surface area contributed by atoms with Gasteiger partial charge >= 0.3 is 0 Å². The summed E-state index contributed by atoms with van der Waals surface area (Å²) in [5.41, 5.74) is 1.59. The Morgan fingerprint density at radius 2 is 1.50 bits per heavy atom. The van der Waals surface area contributed by atoms with Gasteiger partial charge in [0.2, 0.25) is 0 Å². The maximum Gasteiger partial charge on any atom is 0.291 e. The summed E-state index contributed by atoms with van der Waals surface area (Å²) in [7, 11) is -7.86. The van der Waals surface area contributed by atoms with E-state index in [2.05, 4.69) is 19.7 Å². The summed E-state index contributed by atoms with van der Waals surface area (Å²) in [5, 5.41) is 10.9. The van der Waals surface area contributed by atoms with Gasteiger partial charge in [0.05, 0.1) is 20.8 Å². The molecule has 0 radical (unpaired) electrons. The predicted molar refractivity (Wildman–Crippen MR) is 124 cm³/mol. The topological polar surface area (TPSA) is 110 Å². The molecule has 0 saturated carbocycles. The Bertz CT molecular complexity index is 1400. The highest BCUT2D eigenvalue weighted by molar-refractivity contribution is 9.10. The number of sulfonamides is 1. The van der Waals surface area contributed by atoms with E-state index in [1.54, 1.807) is 28.6 Å². The fraction of sp³-hybridized carbons (Fsp3) is 0.143. The number of rotatable bonds is 6. The molecule has 1 heterocycles. The van der Waals surface area contributed by atoms with Gasteiger partial charge in [0.1, 0.15) is 0 Å². The van der Waals surface area contributed by atoms with Crippen molar-refractivity contribution in [2.24, 2.45) is 3.77 Å². The number of hydrogen-bond donors (Lipinski definition) is 0. The quantitative estimate of drug-likeness (QED) is 0.254. The molecular formula is C21H18BrN3O5S2. The largest absolute Gasteiger partial charge is 0.291 e. The number of nitrogens with zero attached hydrogens (tertiary/aromatic N) is 3. The maximum absolute atomic E-state index is 14.1. The number of nitro benzene ring substituents is 1. The van der Waals surface area contributed by atoms with Gasteiger partial charge in [-0.1, -0.05) is 49.5 Å². The number of non-ortho nitro benzene ring substituents is 1. The van der Waals surface area contributed by atoms with Crippen LogP contribution in [0.3, 0.4) is 0 Å². The van der Waals surface area contributed by atoms with Gasteiger partial charge in [-0.25, -0.2) is 8.51 Å². The van der Waals surface area contributed by atoms with E-state index >= 15 is 0 Å². The molecule has 3 atom stereocenters. The molecule has 11 heteroatoms. The van der Waals surface area contributed by atoms with Gasteiger partial charge in [-0.15, -0.1) is 0 Å². The highest BCUT2D eigenvalue weighted by atomic mass is 79.9. The van der Waals surface area contributed by atoms with E-state index in [9.17, 15) is 22.7 Å². The molecule has 0 amide bonds. The molecule has 32 heavy (non-hydrogen) atoms. The molecule has 1 fully saturated rings. The van der Waals surface area contributed by atoms with E-state index in [0.29, 0.717) is 6.54 Å². The lowest BCUT2D eigenvalue weighted by Crippen LogP contribution is -2.15. The van der Waals surface area contributed by atoms with Crippen molar-refractivity contribution in [2.75, 3.05) is 6.54 Å². The van der Waals surface area contributed by atoms with Gasteiger partial charge in [0, 0.05) is 23.2 Å². The van der Waals surface area contributed by atoms with Crippen LogP contribution in [0.1, 0.15) is 17.2 Å². The first-order valence-electron chi connectivity index (χ1n) is 9.47. The minimum Gasteiger partial charge on any atom is -0.258 e. The van der Waals surface area contributed by atoms with Crippen molar-refractivity contribution < 1.29 is 17.6 Å². The first-order valence-corrected chi connectivity index (χ1v) is 13.2. The van der Waals surface area contributed by atoms with Crippen LogP contribution in [0.4, 0.5) is 5.69 Å². The standard InChI is InChI=1S/C21H18BrN3O5S2/c1-15-2-10-19(11-3-15)31(28,24-14-21(24)16-4-6-17(22)7-5-16)23-32(29,30)20-12-8-18(9-13-20)25(26)27/h2-13,21H,14H2,1H3. The molecule has 8 nitrogen and oxygen atoms in total.